The zero-order chi connectivity index (χ0) is 18.4. The van der Waals surface area contributed by atoms with Crippen LogP contribution in [0.2, 0.25) is 0 Å². The first-order valence-electron chi connectivity index (χ1n) is 9.55. The Hall–Kier alpha value is -3.12. The van der Waals surface area contributed by atoms with Gasteiger partial charge in [0.1, 0.15) is 0 Å². The molecular weight excluding hydrogens is 324 g/mol. The average molecular weight is 346 g/mol. The van der Waals surface area contributed by atoms with Crippen molar-refractivity contribution >= 4 is 0 Å². The van der Waals surface area contributed by atoms with Crippen LogP contribution >= 0.6 is 0 Å². The van der Waals surface area contributed by atoms with Crippen LogP contribution in [0, 0.1) is 6.92 Å². The molecule has 4 aromatic carbocycles. The molecule has 4 aromatic rings. The lowest BCUT2D eigenvalue weighted by Crippen LogP contribution is -2.22. The third-order valence-electron chi connectivity index (χ3n) is 6.12. The Labute approximate surface area is 161 Å². The minimum Gasteiger partial charge on any atom is -0.0622 e. The van der Waals surface area contributed by atoms with Gasteiger partial charge in [-0.15, -0.1) is 0 Å². The molecule has 1 aliphatic rings. The largest absolute Gasteiger partial charge is 0.0622 e. The van der Waals surface area contributed by atoms with Gasteiger partial charge in [-0.2, -0.15) is 0 Å². The van der Waals surface area contributed by atoms with Crippen molar-refractivity contribution in [1.82, 2.24) is 0 Å². The molecule has 0 amide bonds. The molecule has 1 atom stereocenters. The average Bonchev–Trinajstić information content (AvgIpc) is 2.99. The minimum absolute atomic E-state index is 0.133. The maximum Gasteiger partial charge on any atom is 0.0435 e. The number of aryl methyl sites for hydroxylation is 1. The van der Waals surface area contributed by atoms with Crippen molar-refractivity contribution in [2.75, 3.05) is 0 Å². The summed E-state index contributed by atoms with van der Waals surface area (Å²) in [5.74, 6) is 0. The lowest BCUT2D eigenvalue weighted by atomic mass is 9.74. The fourth-order valence-electron chi connectivity index (χ4n) is 4.64. The number of rotatable bonds is 2. The van der Waals surface area contributed by atoms with E-state index < -0.39 is 0 Å². The normalized spacial score (nSPS) is 17.4. The maximum absolute atomic E-state index is 2.41. The van der Waals surface area contributed by atoms with Gasteiger partial charge in [0.05, 0.1) is 0 Å². The predicted molar refractivity (Wildman–Crippen MR) is 114 cm³/mol. The summed E-state index contributed by atoms with van der Waals surface area (Å²) in [6.07, 6.45) is 0. The summed E-state index contributed by atoms with van der Waals surface area (Å²) in [5.41, 5.74) is 10.6. The predicted octanol–water partition coefficient (Wildman–Crippen LogP) is 7.00. The van der Waals surface area contributed by atoms with Crippen LogP contribution in [0.15, 0.2) is 97.1 Å². The number of fused-ring (bicyclic) bond motifs is 3. The van der Waals surface area contributed by atoms with Crippen molar-refractivity contribution in [1.29, 1.82) is 0 Å². The first-order valence-corrected chi connectivity index (χ1v) is 9.55. The van der Waals surface area contributed by atoms with E-state index in [1.807, 2.05) is 0 Å². The highest BCUT2D eigenvalue weighted by Crippen LogP contribution is 2.53. The van der Waals surface area contributed by atoms with Crippen LogP contribution < -0.4 is 0 Å². The minimum atomic E-state index is -0.133. The number of benzene rings is 4. The molecule has 0 heterocycles. The second-order valence-corrected chi connectivity index (χ2v) is 7.61. The first-order chi connectivity index (χ1) is 13.2. The summed E-state index contributed by atoms with van der Waals surface area (Å²) in [6, 6.07) is 35.4. The topological polar surface area (TPSA) is 0 Å². The van der Waals surface area contributed by atoms with Gasteiger partial charge in [-0.1, -0.05) is 91.0 Å². The third kappa shape index (κ3) is 2.30. The third-order valence-corrected chi connectivity index (χ3v) is 6.12. The highest BCUT2D eigenvalue weighted by atomic mass is 14.4. The van der Waals surface area contributed by atoms with Crippen LogP contribution in [0.1, 0.15) is 29.2 Å². The van der Waals surface area contributed by atoms with Crippen LogP contribution in [-0.2, 0) is 5.41 Å². The molecule has 0 saturated heterocycles. The maximum atomic E-state index is 2.41. The first kappa shape index (κ1) is 16.1. The van der Waals surface area contributed by atoms with Crippen LogP contribution in [-0.4, -0.2) is 0 Å². The summed E-state index contributed by atoms with van der Waals surface area (Å²) >= 11 is 0. The van der Waals surface area contributed by atoms with Crippen LogP contribution in [0.4, 0.5) is 0 Å². The van der Waals surface area contributed by atoms with Gasteiger partial charge in [-0.25, -0.2) is 0 Å². The van der Waals surface area contributed by atoms with E-state index in [4.69, 9.17) is 0 Å². The van der Waals surface area contributed by atoms with Gasteiger partial charge in [0.2, 0.25) is 0 Å². The zero-order valence-electron chi connectivity index (χ0n) is 15.7. The highest BCUT2D eigenvalue weighted by molar-refractivity contribution is 5.86. The second-order valence-electron chi connectivity index (χ2n) is 7.61. The van der Waals surface area contributed by atoms with E-state index in [9.17, 15) is 0 Å². The van der Waals surface area contributed by atoms with Crippen LogP contribution in [0.5, 0.6) is 0 Å². The Morgan fingerprint density at radius 1 is 0.556 bits per heavy atom. The fraction of sp³-hybridized carbons (Fsp3) is 0.111. The lowest BCUT2D eigenvalue weighted by molar-refractivity contribution is 0.714. The molecule has 0 spiro atoms. The van der Waals surface area contributed by atoms with E-state index in [0.29, 0.717) is 0 Å². The molecule has 0 nitrogen and oxygen atoms in total. The van der Waals surface area contributed by atoms with E-state index in [1.54, 1.807) is 0 Å². The van der Waals surface area contributed by atoms with E-state index >= 15 is 0 Å². The molecular formula is C27H22. The smallest absolute Gasteiger partial charge is 0.0435 e. The summed E-state index contributed by atoms with van der Waals surface area (Å²) in [5, 5.41) is 0. The van der Waals surface area contributed by atoms with Gasteiger partial charge >= 0.3 is 0 Å². The second kappa shape index (κ2) is 5.96. The Kier molecular flexibility index (Phi) is 3.55. The Balaban J connectivity index is 1.80. The molecule has 0 saturated carbocycles. The van der Waals surface area contributed by atoms with Gasteiger partial charge < -0.3 is 0 Å². The standard InChI is InChI=1S/C27H22/c1-19-10-6-7-13-22(19)20-16-17-24-23-14-8-9-15-25(23)27(2,26(24)18-20)21-11-4-3-5-12-21/h3-18H,1-2H3. The van der Waals surface area contributed by atoms with Crippen molar-refractivity contribution < 1.29 is 0 Å². The number of hydrogen-bond acceptors (Lipinski definition) is 0. The zero-order valence-corrected chi connectivity index (χ0v) is 15.7. The van der Waals surface area contributed by atoms with Gasteiger partial charge in [0.15, 0.2) is 0 Å². The molecule has 0 radical (unpaired) electrons. The Morgan fingerprint density at radius 3 is 1.96 bits per heavy atom. The fourth-order valence-corrected chi connectivity index (χ4v) is 4.64. The SMILES string of the molecule is Cc1ccccc1-c1ccc2c(c1)C(C)(c1ccccc1)c1ccccc1-2. The van der Waals surface area contributed by atoms with Crippen LogP contribution in [0.3, 0.4) is 0 Å². The van der Waals surface area contributed by atoms with Gasteiger partial charge in [0, 0.05) is 5.41 Å². The molecule has 0 fully saturated rings. The molecule has 0 heteroatoms. The monoisotopic (exact) mass is 346 g/mol. The van der Waals surface area contributed by atoms with Gasteiger partial charge in [-0.05, 0) is 64.4 Å². The molecule has 130 valence electrons. The van der Waals surface area contributed by atoms with Crippen molar-refractivity contribution in [2.45, 2.75) is 19.3 Å². The lowest BCUT2D eigenvalue weighted by Gasteiger charge is -2.28. The summed E-state index contributed by atoms with van der Waals surface area (Å²) in [7, 11) is 0. The van der Waals surface area contributed by atoms with Crippen molar-refractivity contribution in [3.05, 3.63) is 119 Å². The summed E-state index contributed by atoms with van der Waals surface area (Å²) in [6.45, 7) is 4.56. The Bertz CT molecular complexity index is 1140. The molecule has 1 aliphatic carbocycles. The Morgan fingerprint density at radius 2 is 1.19 bits per heavy atom. The molecule has 1 unspecified atom stereocenters. The molecule has 5 rings (SSSR count). The van der Waals surface area contributed by atoms with Crippen molar-refractivity contribution in [3.8, 4) is 22.3 Å². The van der Waals surface area contributed by atoms with E-state index in [2.05, 4.69) is 111 Å². The molecule has 27 heavy (non-hydrogen) atoms. The van der Waals surface area contributed by atoms with Crippen LogP contribution in [0.25, 0.3) is 22.3 Å². The molecule has 0 aliphatic heterocycles. The quantitative estimate of drug-likeness (QED) is 0.367. The van der Waals surface area contributed by atoms with Crippen molar-refractivity contribution in [2.24, 2.45) is 0 Å². The van der Waals surface area contributed by atoms with Gasteiger partial charge in [0.25, 0.3) is 0 Å². The summed E-state index contributed by atoms with van der Waals surface area (Å²) in [4.78, 5) is 0. The number of hydrogen-bond donors (Lipinski definition) is 0. The molecule has 0 aromatic heterocycles. The van der Waals surface area contributed by atoms with Crippen molar-refractivity contribution in [3.63, 3.8) is 0 Å². The van der Waals surface area contributed by atoms with E-state index in [0.717, 1.165) is 0 Å². The van der Waals surface area contributed by atoms with E-state index in [1.165, 1.54) is 44.5 Å². The molecule has 0 N–H and O–H groups in total. The van der Waals surface area contributed by atoms with Gasteiger partial charge in [-0.3, -0.25) is 0 Å². The highest BCUT2D eigenvalue weighted by Gasteiger charge is 2.40. The van der Waals surface area contributed by atoms with E-state index in [-0.39, 0.29) is 5.41 Å². The molecule has 0 bridgehead atoms. The summed E-state index contributed by atoms with van der Waals surface area (Å²) < 4.78 is 0.